The first-order chi connectivity index (χ1) is 5.63. The lowest BCUT2D eigenvalue weighted by molar-refractivity contribution is 0.158. The maximum absolute atomic E-state index is 5.29. The minimum absolute atomic E-state index is 0.661. The van der Waals surface area contributed by atoms with E-state index in [2.05, 4.69) is 18.5 Å². The van der Waals surface area contributed by atoms with Gasteiger partial charge >= 0.3 is 0 Å². The van der Waals surface area contributed by atoms with Gasteiger partial charge in [-0.05, 0) is 13.8 Å². The molecule has 0 saturated heterocycles. The van der Waals surface area contributed by atoms with Gasteiger partial charge in [-0.2, -0.15) is 0 Å². The molecule has 0 heterocycles. The Labute approximate surface area is 75.3 Å². The quantitative estimate of drug-likeness (QED) is 0.463. The summed E-state index contributed by atoms with van der Waals surface area (Å²) >= 11 is 0. The molecule has 2 heteroatoms. The fraction of sp³-hybridized carbons (Fsp3) is 0.600. The van der Waals surface area contributed by atoms with Crippen LogP contribution in [-0.2, 0) is 4.74 Å². The molecule has 0 radical (unpaired) electrons. The summed E-state index contributed by atoms with van der Waals surface area (Å²) in [4.78, 5) is 0. The van der Waals surface area contributed by atoms with Crippen molar-refractivity contribution in [2.24, 2.45) is 0 Å². The van der Waals surface area contributed by atoms with Crippen molar-refractivity contribution in [2.75, 3.05) is 26.3 Å². The van der Waals surface area contributed by atoms with E-state index >= 15 is 0 Å². The Morgan fingerprint density at radius 1 is 1.25 bits per heavy atom. The summed E-state index contributed by atoms with van der Waals surface area (Å²) in [6.07, 6.45) is 0. The van der Waals surface area contributed by atoms with E-state index in [4.69, 9.17) is 4.74 Å². The number of hydrogen-bond acceptors (Lipinski definition) is 2. The third kappa shape index (κ3) is 9.40. The maximum Gasteiger partial charge on any atom is 0.0672 e. The Morgan fingerprint density at radius 3 is 2.42 bits per heavy atom. The molecule has 2 nitrogen and oxygen atoms in total. The van der Waals surface area contributed by atoms with Crippen molar-refractivity contribution in [3.8, 4) is 0 Å². The summed E-state index contributed by atoms with van der Waals surface area (Å²) in [6.45, 7) is 14.6. The molecule has 0 bridgehead atoms. The zero-order chi connectivity index (χ0) is 9.40. The predicted octanol–water partition coefficient (Wildman–Crippen LogP) is 1.74. The van der Waals surface area contributed by atoms with Crippen LogP contribution in [0.2, 0.25) is 0 Å². The average Bonchev–Trinajstić information content (AvgIpc) is 1.95. The van der Waals surface area contributed by atoms with Gasteiger partial charge in [-0.1, -0.05) is 24.3 Å². The largest absolute Gasteiger partial charge is 0.376 e. The van der Waals surface area contributed by atoms with Gasteiger partial charge in [-0.25, -0.2) is 0 Å². The van der Waals surface area contributed by atoms with E-state index in [1.54, 1.807) is 0 Å². The molecule has 0 aromatic heterocycles. The van der Waals surface area contributed by atoms with Gasteiger partial charge in [-0.15, -0.1) is 0 Å². The van der Waals surface area contributed by atoms with Crippen LogP contribution in [-0.4, -0.2) is 26.3 Å². The van der Waals surface area contributed by atoms with Crippen LogP contribution in [0.3, 0.4) is 0 Å². The zero-order valence-corrected chi connectivity index (χ0v) is 8.15. The van der Waals surface area contributed by atoms with E-state index in [-0.39, 0.29) is 0 Å². The second-order valence-corrected chi connectivity index (χ2v) is 3.14. The number of nitrogens with one attached hydrogen (secondary N) is 1. The summed E-state index contributed by atoms with van der Waals surface area (Å²) in [7, 11) is 0. The first-order valence-electron chi connectivity index (χ1n) is 4.20. The topological polar surface area (TPSA) is 21.3 Å². The van der Waals surface area contributed by atoms with Crippen LogP contribution in [0.1, 0.15) is 13.8 Å². The Hall–Kier alpha value is -0.600. The third-order valence-corrected chi connectivity index (χ3v) is 1.20. The highest BCUT2D eigenvalue weighted by atomic mass is 16.5. The van der Waals surface area contributed by atoms with E-state index in [0.717, 1.165) is 30.8 Å². The van der Waals surface area contributed by atoms with Crippen LogP contribution in [0.15, 0.2) is 24.3 Å². The van der Waals surface area contributed by atoms with Crippen molar-refractivity contribution in [3.63, 3.8) is 0 Å². The van der Waals surface area contributed by atoms with Gasteiger partial charge < -0.3 is 10.1 Å². The molecule has 0 aliphatic carbocycles. The smallest absolute Gasteiger partial charge is 0.0672 e. The van der Waals surface area contributed by atoms with Crippen molar-refractivity contribution in [1.29, 1.82) is 0 Å². The van der Waals surface area contributed by atoms with Crippen LogP contribution in [0, 0.1) is 0 Å². The van der Waals surface area contributed by atoms with Crippen molar-refractivity contribution < 1.29 is 4.74 Å². The van der Waals surface area contributed by atoms with E-state index in [1.807, 2.05) is 13.8 Å². The maximum atomic E-state index is 5.29. The van der Waals surface area contributed by atoms with Crippen molar-refractivity contribution in [2.45, 2.75) is 13.8 Å². The van der Waals surface area contributed by atoms with Gasteiger partial charge in [0.05, 0.1) is 13.2 Å². The Kier molecular flexibility index (Phi) is 6.72. The zero-order valence-electron chi connectivity index (χ0n) is 8.15. The van der Waals surface area contributed by atoms with E-state index in [0.29, 0.717) is 6.61 Å². The van der Waals surface area contributed by atoms with Gasteiger partial charge in [0, 0.05) is 13.1 Å². The molecule has 0 aliphatic rings. The predicted molar refractivity (Wildman–Crippen MR) is 53.3 cm³/mol. The fourth-order valence-corrected chi connectivity index (χ4v) is 0.693. The summed E-state index contributed by atoms with van der Waals surface area (Å²) in [5, 5.41) is 3.20. The Balaban J connectivity index is 3.01. The van der Waals surface area contributed by atoms with Gasteiger partial charge in [-0.3, -0.25) is 0 Å². The number of rotatable bonds is 7. The average molecular weight is 169 g/mol. The van der Waals surface area contributed by atoms with Crippen molar-refractivity contribution >= 4 is 0 Å². The second-order valence-electron chi connectivity index (χ2n) is 3.14. The van der Waals surface area contributed by atoms with Gasteiger partial charge in [0.15, 0.2) is 0 Å². The molecule has 0 atom stereocenters. The summed E-state index contributed by atoms with van der Waals surface area (Å²) < 4.78 is 5.29. The standard InChI is InChI=1S/C10H19NO/c1-9(2)7-11-5-6-12-8-10(3)4/h11H,1,3,5-8H2,2,4H3. The molecule has 0 fully saturated rings. The molecular weight excluding hydrogens is 150 g/mol. The lowest BCUT2D eigenvalue weighted by Gasteiger charge is -2.05. The fourth-order valence-electron chi connectivity index (χ4n) is 0.693. The lowest BCUT2D eigenvalue weighted by atomic mass is 10.3. The van der Waals surface area contributed by atoms with Crippen LogP contribution in [0.4, 0.5) is 0 Å². The molecule has 0 amide bonds. The minimum Gasteiger partial charge on any atom is -0.376 e. The minimum atomic E-state index is 0.661. The first kappa shape index (κ1) is 11.4. The van der Waals surface area contributed by atoms with Crippen molar-refractivity contribution in [1.82, 2.24) is 5.32 Å². The summed E-state index contributed by atoms with van der Waals surface area (Å²) in [5.41, 5.74) is 2.21. The SMILES string of the molecule is C=C(C)CNCCOCC(=C)C. The molecule has 0 aliphatic heterocycles. The van der Waals surface area contributed by atoms with Crippen LogP contribution >= 0.6 is 0 Å². The van der Waals surface area contributed by atoms with Gasteiger partial charge in [0.2, 0.25) is 0 Å². The molecule has 12 heavy (non-hydrogen) atoms. The van der Waals surface area contributed by atoms with E-state index in [9.17, 15) is 0 Å². The van der Waals surface area contributed by atoms with Crippen LogP contribution in [0.25, 0.3) is 0 Å². The molecule has 0 spiro atoms. The summed E-state index contributed by atoms with van der Waals surface area (Å²) in [6, 6.07) is 0. The molecule has 0 aromatic rings. The molecule has 0 saturated carbocycles. The van der Waals surface area contributed by atoms with Gasteiger partial charge in [0.1, 0.15) is 0 Å². The molecule has 0 rings (SSSR count). The van der Waals surface area contributed by atoms with Crippen LogP contribution < -0.4 is 5.32 Å². The number of ether oxygens (including phenoxy) is 1. The first-order valence-corrected chi connectivity index (χ1v) is 4.20. The third-order valence-electron chi connectivity index (χ3n) is 1.20. The molecule has 1 N–H and O–H groups in total. The summed E-state index contributed by atoms with van der Waals surface area (Å²) in [5.74, 6) is 0. The highest BCUT2D eigenvalue weighted by Crippen LogP contribution is 1.87. The highest BCUT2D eigenvalue weighted by molar-refractivity contribution is 4.90. The van der Waals surface area contributed by atoms with E-state index in [1.165, 1.54) is 0 Å². The molecule has 0 aromatic carbocycles. The second kappa shape index (κ2) is 7.07. The molecule has 70 valence electrons. The highest BCUT2D eigenvalue weighted by Gasteiger charge is 1.88. The Morgan fingerprint density at radius 2 is 1.92 bits per heavy atom. The lowest BCUT2D eigenvalue weighted by Crippen LogP contribution is -2.21. The monoisotopic (exact) mass is 169 g/mol. The Bertz CT molecular complexity index is 134. The van der Waals surface area contributed by atoms with Crippen LogP contribution in [0.5, 0.6) is 0 Å². The van der Waals surface area contributed by atoms with E-state index < -0.39 is 0 Å². The normalized spacial score (nSPS) is 9.83. The van der Waals surface area contributed by atoms with Gasteiger partial charge in [0.25, 0.3) is 0 Å². The van der Waals surface area contributed by atoms with Crippen molar-refractivity contribution in [3.05, 3.63) is 24.3 Å². The number of hydrogen-bond donors (Lipinski definition) is 1. The molecule has 0 unspecified atom stereocenters. The molecular formula is C10H19NO.